The van der Waals surface area contributed by atoms with Gasteiger partial charge in [-0.1, -0.05) is 0 Å². The van der Waals surface area contributed by atoms with E-state index in [2.05, 4.69) is 9.88 Å². The molecule has 0 bridgehead atoms. The summed E-state index contributed by atoms with van der Waals surface area (Å²) < 4.78 is 15.7. The van der Waals surface area contributed by atoms with Gasteiger partial charge in [-0.05, 0) is 37.4 Å². The first-order valence-corrected chi connectivity index (χ1v) is 8.38. The Labute approximate surface area is 143 Å². The molecular weight excluding hydrogens is 327 g/mol. The molecule has 0 amide bonds. The van der Waals surface area contributed by atoms with Crippen LogP contribution in [0.2, 0.25) is 0 Å². The Kier molecular flexibility index (Phi) is 3.72. The van der Waals surface area contributed by atoms with E-state index in [1.54, 1.807) is 0 Å². The van der Waals surface area contributed by atoms with E-state index in [4.69, 9.17) is 0 Å². The zero-order valence-electron chi connectivity index (χ0n) is 13.9. The van der Waals surface area contributed by atoms with E-state index < -0.39 is 17.3 Å². The fraction of sp³-hybridized carbons (Fsp3) is 0.471. The molecule has 4 rings (SSSR count). The molecule has 1 saturated carbocycles. The van der Waals surface area contributed by atoms with Crippen LogP contribution in [-0.4, -0.2) is 58.6 Å². The van der Waals surface area contributed by atoms with Gasteiger partial charge in [-0.15, -0.1) is 0 Å². The SMILES string of the molecule is CN1CCN(c2nc3c(C4CC4)cc(C(=O)O)c(=O)n3cc2F)CC1. The topological polar surface area (TPSA) is 78.2 Å². The summed E-state index contributed by atoms with van der Waals surface area (Å²) in [7, 11) is 2.01. The van der Waals surface area contributed by atoms with Crippen LogP contribution in [0.3, 0.4) is 0 Å². The first kappa shape index (κ1) is 16.0. The Morgan fingerprint density at radius 1 is 1.28 bits per heavy atom. The Hall–Kier alpha value is -2.48. The highest BCUT2D eigenvalue weighted by Gasteiger charge is 2.30. The zero-order chi connectivity index (χ0) is 17.7. The minimum Gasteiger partial charge on any atom is -0.477 e. The summed E-state index contributed by atoms with van der Waals surface area (Å²) in [5.41, 5.74) is -0.00335. The maximum atomic E-state index is 14.6. The van der Waals surface area contributed by atoms with Gasteiger partial charge in [0, 0.05) is 26.2 Å². The minimum absolute atomic E-state index is 0.187. The molecule has 1 aliphatic carbocycles. The maximum absolute atomic E-state index is 14.6. The number of carboxylic acids is 1. The van der Waals surface area contributed by atoms with E-state index in [9.17, 15) is 19.1 Å². The maximum Gasteiger partial charge on any atom is 0.341 e. The van der Waals surface area contributed by atoms with Gasteiger partial charge in [-0.25, -0.2) is 14.2 Å². The number of halogens is 1. The third-order valence-corrected chi connectivity index (χ3v) is 4.95. The molecule has 2 aliphatic rings. The molecule has 0 radical (unpaired) electrons. The molecule has 2 aromatic heterocycles. The smallest absolute Gasteiger partial charge is 0.341 e. The van der Waals surface area contributed by atoms with Crippen molar-refractivity contribution in [2.24, 2.45) is 0 Å². The lowest BCUT2D eigenvalue weighted by Crippen LogP contribution is -2.45. The van der Waals surface area contributed by atoms with Crippen molar-refractivity contribution in [1.82, 2.24) is 14.3 Å². The normalized spacial score (nSPS) is 18.7. The van der Waals surface area contributed by atoms with Gasteiger partial charge in [-0.2, -0.15) is 0 Å². The van der Waals surface area contributed by atoms with Crippen molar-refractivity contribution in [3.05, 3.63) is 39.6 Å². The van der Waals surface area contributed by atoms with Crippen LogP contribution in [0.4, 0.5) is 10.2 Å². The van der Waals surface area contributed by atoms with Crippen molar-refractivity contribution in [1.29, 1.82) is 0 Å². The van der Waals surface area contributed by atoms with Crippen LogP contribution in [-0.2, 0) is 0 Å². The molecular formula is C17H19FN4O3. The third-order valence-electron chi connectivity index (χ3n) is 4.95. The van der Waals surface area contributed by atoms with Gasteiger partial charge in [-0.3, -0.25) is 9.20 Å². The Morgan fingerprint density at radius 2 is 1.96 bits per heavy atom. The molecule has 25 heavy (non-hydrogen) atoms. The molecule has 2 aromatic rings. The van der Waals surface area contributed by atoms with Crippen LogP contribution >= 0.6 is 0 Å². The van der Waals surface area contributed by atoms with E-state index in [1.807, 2.05) is 11.9 Å². The number of carboxylic acid groups (broad SMARTS) is 1. The number of likely N-dealkylation sites (N-methyl/N-ethyl adjacent to an activating group) is 1. The summed E-state index contributed by atoms with van der Waals surface area (Å²) in [5.74, 6) is -1.49. The Balaban J connectivity index is 1.90. The highest BCUT2D eigenvalue weighted by molar-refractivity contribution is 5.88. The quantitative estimate of drug-likeness (QED) is 0.899. The van der Waals surface area contributed by atoms with Gasteiger partial charge in [0.05, 0.1) is 6.20 Å². The minimum atomic E-state index is -1.30. The molecule has 0 aromatic carbocycles. The van der Waals surface area contributed by atoms with Crippen molar-refractivity contribution >= 4 is 17.4 Å². The number of carbonyl (C=O) groups is 1. The van der Waals surface area contributed by atoms with Gasteiger partial charge < -0.3 is 14.9 Å². The molecule has 0 unspecified atom stereocenters. The standard InChI is InChI=1S/C17H19FN4O3/c1-20-4-6-21(7-5-20)15-13(18)9-22-14(19-15)11(10-2-3-10)8-12(16(22)23)17(24)25/h8-10H,2-7H2,1H3,(H,24,25). The van der Waals surface area contributed by atoms with Crippen LogP contribution in [0.5, 0.6) is 0 Å². The van der Waals surface area contributed by atoms with Crippen LogP contribution in [0.15, 0.2) is 17.1 Å². The second-order valence-corrected chi connectivity index (χ2v) is 6.79. The molecule has 2 fully saturated rings. The highest BCUT2D eigenvalue weighted by atomic mass is 19.1. The van der Waals surface area contributed by atoms with E-state index in [1.165, 1.54) is 6.07 Å². The lowest BCUT2D eigenvalue weighted by atomic mass is 10.1. The summed E-state index contributed by atoms with van der Waals surface area (Å²) in [6.07, 6.45) is 2.93. The first-order chi connectivity index (χ1) is 12.0. The summed E-state index contributed by atoms with van der Waals surface area (Å²) >= 11 is 0. The number of nitrogens with zero attached hydrogens (tertiary/aromatic N) is 4. The average Bonchev–Trinajstić information content (AvgIpc) is 3.41. The first-order valence-electron chi connectivity index (χ1n) is 8.38. The second kappa shape index (κ2) is 5.80. The monoisotopic (exact) mass is 346 g/mol. The van der Waals surface area contributed by atoms with E-state index in [-0.39, 0.29) is 17.3 Å². The molecule has 0 spiro atoms. The number of aromatic carboxylic acids is 1. The molecule has 3 heterocycles. The van der Waals surface area contributed by atoms with Crippen molar-refractivity contribution < 1.29 is 14.3 Å². The van der Waals surface area contributed by atoms with Crippen molar-refractivity contribution in [3.63, 3.8) is 0 Å². The summed E-state index contributed by atoms with van der Waals surface area (Å²) in [4.78, 5) is 32.2. The van der Waals surface area contributed by atoms with Crippen molar-refractivity contribution in [2.45, 2.75) is 18.8 Å². The van der Waals surface area contributed by atoms with Crippen LogP contribution in [0.25, 0.3) is 5.65 Å². The van der Waals surface area contributed by atoms with Crippen LogP contribution in [0, 0.1) is 5.82 Å². The van der Waals surface area contributed by atoms with Crippen LogP contribution in [0.1, 0.15) is 34.7 Å². The summed E-state index contributed by atoms with van der Waals surface area (Å²) in [6.45, 7) is 2.94. The molecule has 132 valence electrons. The number of hydrogen-bond acceptors (Lipinski definition) is 5. The number of piperazine rings is 1. The predicted molar refractivity (Wildman–Crippen MR) is 90.1 cm³/mol. The lowest BCUT2D eigenvalue weighted by Gasteiger charge is -2.33. The summed E-state index contributed by atoms with van der Waals surface area (Å²) in [5, 5.41) is 9.26. The molecule has 7 nitrogen and oxygen atoms in total. The highest BCUT2D eigenvalue weighted by Crippen LogP contribution is 2.41. The van der Waals surface area contributed by atoms with E-state index in [0.717, 1.165) is 36.5 Å². The fourth-order valence-electron chi connectivity index (χ4n) is 3.30. The molecule has 1 N–H and O–H groups in total. The average molecular weight is 346 g/mol. The number of aromatic nitrogens is 2. The molecule has 1 saturated heterocycles. The lowest BCUT2D eigenvalue weighted by molar-refractivity contribution is 0.0694. The van der Waals surface area contributed by atoms with Crippen molar-refractivity contribution in [3.8, 4) is 0 Å². The van der Waals surface area contributed by atoms with Gasteiger partial charge in [0.1, 0.15) is 11.2 Å². The number of fused-ring (bicyclic) bond motifs is 1. The second-order valence-electron chi connectivity index (χ2n) is 6.79. The van der Waals surface area contributed by atoms with Crippen molar-refractivity contribution in [2.75, 3.05) is 38.1 Å². The van der Waals surface area contributed by atoms with Crippen LogP contribution < -0.4 is 10.5 Å². The number of pyridine rings is 1. The Morgan fingerprint density at radius 3 is 2.56 bits per heavy atom. The molecule has 8 heteroatoms. The Bertz CT molecular complexity index is 914. The molecule has 0 atom stereocenters. The predicted octanol–water partition coefficient (Wildman–Crippen LogP) is 1.16. The summed E-state index contributed by atoms with van der Waals surface area (Å²) in [6, 6.07) is 1.41. The van der Waals surface area contributed by atoms with Gasteiger partial charge in [0.15, 0.2) is 11.6 Å². The van der Waals surface area contributed by atoms with Gasteiger partial charge in [0.2, 0.25) is 0 Å². The number of hydrogen-bond donors (Lipinski definition) is 1. The zero-order valence-corrected chi connectivity index (χ0v) is 13.9. The molecule has 1 aliphatic heterocycles. The number of rotatable bonds is 3. The third kappa shape index (κ3) is 2.76. The van der Waals surface area contributed by atoms with Gasteiger partial charge >= 0.3 is 5.97 Å². The van der Waals surface area contributed by atoms with Gasteiger partial charge in [0.25, 0.3) is 5.56 Å². The number of anilines is 1. The van der Waals surface area contributed by atoms with E-state index >= 15 is 0 Å². The fourth-order valence-corrected chi connectivity index (χ4v) is 3.30. The largest absolute Gasteiger partial charge is 0.477 e. The van der Waals surface area contributed by atoms with E-state index in [0.29, 0.717) is 24.3 Å².